The van der Waals surface area contributed by atoms with Crippen molar-refractivity contribution in [1.29, 1.82) is 0 Å². The standard InChI is InChI=1S/C10H15N3O/c1-7-5-9(13-10(14)12-7)8-3-2-4-11-6-8/h5,8,11H,2-4,6H2,1H3,(H,12,13,14). The van der Waals surface area contributed by atoms with Crippen LogP contribution in [0.15, 0.2) is 10.9 Å². The van der Waals surface area contributed by atoms with Gasteiger partial charge in [-0.3, -0.25) is 0 Å². The molecule has 1 atom stereocenters. The van der Waals surface area contributed by atoms with Crippen LogP contribution in [0.1, 0.15) is 30.1 Å². The van der Waals surface area contributed by atoms with Gasteiger partial charge in [0.1, 0.15) is 0 Å². The molecule has 2 N–H and O–H groups in total. The average Bonchev–Trinajstić information content (AvgIpc) is 2.18. The van der Waals surface area contributed by atoms with E-state index in [9.17, 15) is 4.79 Å². The molecule has 1 unspecified atom stereocenters. The summed E-state index contributed by atoms with van der Waals surface area (Å²) < 4.78 is 0. The van der Waals surface area contributed by atoms with Crippen molar-refractivity contribution < 1.29 is 0 Å². The second-order valence-electron chi connectivity index (χ2n) is 3.84. The van der Waals surface area contributed by atoms with Crippen LogP contribution in [0, 0.1) is 6.92 Å². The van der Waals surface area contributed by atoms with E-state index in [0.717, 1.165) is 37.3 Å². The Morgan fingerprint density at radius 1 is 1.57 bits per heavy atom. The molecule has 1 aliphatic heterocycles. The number of aromatic nitrogens is 2. The Bertz CT molecular complexity index is 366. The van der Waals surface area contributed by atoms with Gasteiger partial charge in [0.15, 0.2) is 0 Å². The number of nitrogens with zero attached hydrogens (tertiary/aromatic N) is 1. The first-order valence-corrected chi connectivity index (χ1v) is 5.04. The highest BCUT2D eigenvalue weighted by Crippen LogP contribution is 2.20. The molecule has 0 saturated carbocycles. The van der Waals surface area contributed by atoms with Gasteiger partial charge in [0.2, 0.25) is 0 Å². The lowest BCUT2D eigenvalue weighted by Gasteiger charge is -2.21. The van der Waals surface area contributed by atoms with Crippen LogP contribution < -0.4 is 11.0 Å². The number of piperidine rings is 1. The topological polar surface area (TPSA) is 57.8 Å². The maximum absolute atomic E-state index is 11.2. The molecule has 1 saturated heterocycles. The Morgan fingerprint density at radius 2 is 2.43 bits per heavy atom. The van der Waals surface area contributed by atoms with Crippen molar-refractivity contribution in [2.45, 2.75) is 25.7 Å². The van der Waals surface area contributed by atoms with Crippen molar-refractivity contribution in [2.75, 3.05) is 13.1 Å². The second-order valence-corrected chi connectivity index (χ2v) is 3.84. The molecule has 1 aromatic rings. The molecule has 14 heavy (non-hydrogen) atoms. The third kappa shape index (κ3) is 2.01. The molecule has 0 aliphatic carbocycles. The number of nitrogens with one attached hydrogen (secondary N) is 2. The predicted octanol–water partition coefficient (Wildman–Crippen LogP) is 0.545. The number of hydrogen-bond donors (Lipinski definition) is 2. The van der Waals surface area contributed by atoms with Crippen molar-refractivity contribution in [2.24, 2.45) is 0 Å². The first kappa shape index (κ1) is 9.40. The summed E-state index contributed by atoms with van der Waals surface area (Å²) in [5.74, 6) is 0.407. The number of H-pyrrole nitrogens is 1. The van der Waals surface area contributed by atoms with Crippen LogP contribution in [0.4, 0.5) is 0 Å². The molecule has 2 heterocycles. The van der Waals surface area contributed by atoms with Crippen LogP contribution in [-0.2, 0) is 0 Å². The molecule has 1 fully saturated rings. The monoisotopic (exact) mass is 193 g/mol. The normalized spacial score (nSPS) is 22.2. The third-order valence-electron chi connectivity index (χ3n) is 2.61. The molecule has 1 aliphatic rings. The van der Waals surface area contributed by atoms with E-state index >= 15 is 0 Å². The number of aromatic amines is 1. The van der Waals surface area contributed by atoms with Crippen LogP contribution >= 0.6 is 0 Å². The zero-order valence-electron chi connectivity index (χ0n) is 8.34. The molecule has 0 radical (unpaired) electrons. The fourth-order valence-corrected chi connectivity index (χ4v) is 1.92. The Morgan fingerprint density at radius 3 is 3.07 bits per heavy atom. The Hall–Kier alpha value is -1.16. The van der Waals surface area contributed by atoms with Crippen molar-refractivity contribution in [3.63, 3.8) is 0 Å². The predicted molar refractivity (Wildman–Crippen MR) is 54.4 cm³/mol. The summed E-state index contributed by atoms with van der Waals surface area (Å²) in [4.78, 5) is 17.8. The number of aryl methyl sites for hydroxylation is 1. The maximum Gasteiger partial charge on any atom is 0.345 e. The van der Waals surface area contributed by atoms with Crippen molar-refractivity contribution in [3.05, 3.63) is 27.9 Å². The molecule has 0 spiro atoms. The quantitative estimate of drug-likeness (QED) is 0.684. The highest BCUT2D eigenvalue weighted by atomic mass is 16.1. The molecule has 1 aromatic heterocycles. The summed E-state index contributed by atoms with van der Waals surface area (Å²) in [7, 11) is 0. The second kappa shape index (κ2) is 3.92. The van der Waals surface area contributed by atoms with Gasteiger partial charge >= 0.3 is 5.69 Å². The molecule has 76 valence electrons. The fraction of sp³-hybridized carbons (Fsp3) is 0.600. The van der Waals surface area contributed by atoms with Gasteiger partial charge in [-0.1, -0.05) is 0 Å². The summed E-state index contributed by atoms with van der Waals surface area (Å²) in [5, 5.41) is 3.32. The largest absolute Gasteiger partial charge is 0.345 e. The summed E-state index contributed by atoms with van der Waals surface area (Å²) in [6.07, 6.45) is 2.29. The van der Waals surface area contributed by atoms with E-state index in [-0.39, 0.29) is 5.69 Å². The van der Waals surface area contributed by atoms with Crippen LogP contribution in [-0.4, -0.2) is 23.1 Å². The molecule has 4 nitrogen and oxygen atoms in total. The van der Waals surface area contributed by atoms with Gasteiger partial charge in [-0.25, -0.2) is 4.79 Å². The van der Waals surface area contributed by atoms with Gasteiger partial charge in [0.05, 0.1) is 5.69 Å². The lowest BCUT2D eigenvalue weighted by molar-refractivity contribution is 0.453. The first-order valence-electron chi connectivity index (χ1n) is 5.04. The number of hydrogen-bond acceptors (Lipinski definition) is 3. The summed E-state index contributed by atoms with van der Waals surface area (Å²) in [5.41, 5.74) is 1.59. The van der Waals surface area contributed by atoms with Gasteiger partial charge in [0.25, 0.3) is 0 Å². The van der Waals surface area contributed by atoms with Crippen molar-refractivity contribution in [1.82, 2.24) is 15.3 Å². The summed E-state index contributed by atoms with van der Waals surface area (Å²) in [6, 6.07) is 1.97. The Labute approximate surface area is 82.8 Å². The van der Waals surface area contributed by atoms with Crippen molar-refractivity contribution in [3.8, 4) is 0 Å². The minimum Gasteiger partial charge on any atom is -0.316 e. The summed E-state index contributed by atoms with van der Waals surface area (Å²) in [6.45, 7) is 3.91. The van der Waals surface area contributed by atoms with Gasteiger partial charge < -0.3 is 10.3 Å². The van der Waals surface area contributed by atoms with E-state index < -0.39 is 0 Å². The van der Waals surface area contributed by atoms with E-state index in [1.807, 2.05) is 13.0 Å². The van der Waals surface area contributed by atoms with E-state index in [1.54, 1.807) is 0 Å². The molecular weight excluding hydrogens is 178 g/mol. The SMILES string of the molecule is Cc1cc(C2CCCNC2)nc(=O)[nH]1. The fourth-order valence-electron chi connectivity index (χ4n) is 1.92. The van der Waals surface area contributed by atoms with Crippen LogP contribution in [0.25, 0.3) is 0 Å². The molecule has 0 aromatic carbocycles. The van der Waals surface area contributed by atoms with Crippen LogP contribution in [0.3, 0.4) is 0 Å². The smallest absolute Gasteiger partial charge is 0.316 e. The van der Waals surface area contributed by atoms with Crippen molar-refractivity contribution >= 4 is 0 Å². The van der Waals surface area contributed by atoms with Gasteiger partial charge in [-0.05, 0) is 32.4 Å². The zero-order valence-corrected chi connectivity index (χ0v) is 8.34. The minimum atomic E-state index is -0.231. The van der Waals surface area contributed by atoms with Crippen LogP contribution in [0.2, 0.25) is 0 Å². The van der Waals surface area contributed by atoms with Crippen LogP contribution in [0.5, 0.6) is 0 Å². The molecular formula is C10H15N3O. The molecule has 0 bridgehead atoms. The minimum absolute atomic E-state index is 0.231. The van der Waals surface area contributed by atoms with E-state index in [4.69, 9.17) is 0 Å². The average molecular weight is 193 g/mol. The maximum atomic E-state index is 11.2. The highest BCUT2D eigenvalue weighted by Gasteiger charge is 2.16. The zero-order chi connectivity index (χ0) is 9.97. The third-order valence-corrected chi connectivity index (χ3v) is 2.61. The molecule has 0 amide bonds. The Balaban J connectivity index is 2.26. The molecule has 4 heteroatoms. The lowest BCUT2D eigenvalue weighted by Crippen LogP contribution is -2.30. The van der Waals surface area contributed by atoms with E-state index in [1.165, 1.54) is 0 Å². The molecule has 2 rings (SSSR count). The first-order chi connectivity index (χ1) is 6.75. The van der Waals surface area contributed by atoms with E-state index in [0.29, 0.717) is 5.92 Å². The Kier molecular flexibility index (Phi) is 2.63. The van der Waals surface area contributed by atoms with Gasteiger partial charge in [-0.2, -0.15) is 4.98 Å². The van der Waals surface area contributed by atoms with E-state index in [2.05, 4.69) is 15.3 Å². The lowest BCUT2D eigenvalue weighted by atomic mass is 9.96. The summed E-state index contributed by atoms with van der Waals surface area (Å²) >= 11 is 0. The van der Waals surface area contributed by atoms with Gasteiger partial charge in [0, 0.05) is 18.2 Å². The van der Waals surface area contributed by atoms with Gasteiger partial charge in [-0.15, -0.1) is 0 Å². The number of rotatable bonds is 1. The highest BCUT2D eigenvalue weighted by molar-refractivity contribution is 5.12.